The average Bonchev–Trinajstić information content (AvgIpc) is 2.75. The highest BCUT2D eigenvalue weighted by Crippen LogP contribution is 2.30. The highest BCUT2D eigenvalue weighted by atomic mass is 35.5. The van der Waals surface area contributed by atoms with Crippen LogP contribution in [0.15, 0.2) is 41.5 Å². The highest BCUT2D eigenvalue weighted by molar-refractivity contribution is 6.36. The summed E-state index contributed by atoms with van der Waals surface area (Å²) < 4.78 is 10.8. The number of halogens is 2. The Labute approximate surface area is 197 Å². The first-order valence-corrected chi connectivity index (χ1v) is 10.4. The van der Waals surface area contributed by atoms with Crippen LogP contribution >= 0.6 is 23.2 Å². The number of methoxy groups -OCH3 is 1. The summed E-state index contributed by atoms with van der Waals surface area (Å²) in [4.78, 5) is 25.3. The molecule has 7 nitrogen and oxygen atoms in total. The number of hydrogen-bond acceptors (Lipinski definition) is 5. The monoisotopic (exact) mass is 475 g/mol. The molecule has 32 heavy (non-hydrogen) atoms. The third-order valence-corrected chi connectivity index (χ3v) is 4.87. The van der Waals surface area contributed by atoms with E-state index in [9.17, 15) is 9.59 Å². The molecule has 0 fully saturated rings. The van der Waals surface area contributed by atoms with E-state index in [0.717, 1.165) is 0 Å². The van der Waals surface area contributed by atoms with Gasteiger partial charge in [-0.05, 0) is 36.2 Å². The molecule has 0 radical (unpaired) electrons. The van der Waals surface area contributed by atoms with E-state index in [2.05, 4.69) is 21.8 Å². The van der Waals surface area contributed by atoms with Gasteiger partial charge >= 0.3 is 0 Å². The Kier molecular flexibility index (Phi) is 9.39. The summed E-state index contributed by atoms with van der Waals surface area (Å²) in [5.74, 6) is 2.05. The molecule has 0 aliphatic heterocycles. The molecular weight excluding hydrogens is 453 g/mol. The number of para-hydroxylation sites is 1. The molecule has 0 bridgehead atoms. The van der Waals surface area contributed by atoms with Gasteiger partial charge in [-0.15, -0.1) is 6.42 Å². The van der Waals surface area contributed by atoms with Gasteiger partial charge in [0.2, 0.25) is 0 Å². The molecule has 2 aromatic rings. The van der Waals surface area contributed by atoms with E-state index in [1.165, 1.54) is 25.5 Å². The van der Waals surface area contributed by atoms with Crippen LogP contribution in [0, 0.1) is 18.3 Å². The SMILES string of the molecule is C#CCOc1c(C=NNC(=O)C(NC(=O)c2ccc(Cl)cc2Cl)C(C)C)cccc1OC. The van der Waals surface area contributed by atoms with E-state index in [1.807, 2.05) is 0 Å². The molecule has 1 atom stereocenters. The molecule has 168 valence electrons. The molecule has 0 aliphatic rings. The van der Waals surface area contributed by atoms with Crippen LogP contribution in [0.3, 0.4) is 0 Å². The Hall–Kier alpha value is -3.21. The molecule has 2 rings (SSSR count). The highest BCUT2D eigenvalue weighted by Gasteiger charge is 2.25. The predicted molar refractivity (Wildman–Crippen MR) is 126 cm³/mol. The Balaban J connectivity index is 2.13. The van der Waals surface area contributed by atoms with Crippen molar-refractivity contribution in [3.05, 3.63) is 57.6 Å². The minimum Gasteiger partial charge on any atom is -0.493 e. The number of carbonyl (C=O) groups is 2. The Bertz CT molecular complexity index is 1050. The van der Waals surface area contributed by atoms with Crippen LogP contribution in [0.4, 0.5) is 0 Å². The fourth-order valence-corrected chi connectivity index (χ4v) is 3.22. The fraction of sp³-hybridized carbons (Fsp3) is 0.261. The zero-order chi connectivity index (χ0) is 23.7. The van der Waals surface area contributed by atoms with Crippen molar-refractivity contribution in [2.24, 2.45) is 11.0 Å². The molecule has 0 aromatic heterocycles. The largest absolute Gasteiger partial charge is 0.493 e. The lowest BCUT2D eigenvalue weighted by Crippen LogP contribution is -2.48. The maximum absolute atomic E-state index is 12.7. The first-order valence-electron chi connectivity index (χ1n) is 9.60. The van der Waals surface area contributed by atoms with Gasteiger partial charge in [0.1, 0.15) is 12.6 Å². The Morgan fingerprint density at radius 2 is 2.00 bits per heavy atom. The first-order chi connectivity index (χ1) is 15.3. The fourth-order valence-electron chi connectivity index (χ4n) is 2.73. The van der Waals surface area contributed by atoms with Gasteiger partial charge in [0.15, 0.2) is 11.5 Å². The van der Waals surface area contributed by atoms with Crippen molar-refractivity contribution in [2.45, 2.75) is 19.9 Å². The number of hydrazone groups is 1. The van der Waals surface area contributed by atoms with Crippen LogP contribution in [0.1, 0.15) is 29.8 Å². The minimum atomic E-state index is -0.853. The summed E-state index contributed by atoms with van der Waals surface area (Å²) >= 11 is 12.0. The van der Waals surface area contributed by atoms with E-state index >= 15 is 0 Å². The van der Waals surface area contributed by atoms with Crippen molar-refractivity contribution in [3.63, 3.8) is 0 Å². The maximum atomic E-state index is 12.7. The van der Waals surface area contributed by atoms with E-state index < -0.39 is 17.9 Å². The number of carbonyl (C=O) groups excluding carboxylic acids is 2. The lowest BCUT2D eigenvalue weighted by Gasteiger charge is -2.20. The van der Waals surface area contributed by atoms with Gasteiger partial charge in [0.25, 0.3) is 11.8 Å². The van der Waals surface area contributed by atoms with Gasteiger partial charge in [-0.25, -0.2) is 5.43 Å². The summed E-state index contributed by atoms with van der Waals surface area (Å²) in [6, 6.07) is 8.84. The van der Waals surface area contributed by atoms with Crippen molar-refractivity contribution in [1.82, 2.24) is 10.7 Å². The van der Waals surface area contributed by atoms with Crippen LogP contribution in [-0.4, -0.2) is 37.8 Å². The molecule has 0 aliphatic carbocycles. The Morgan fingerprint density at radius 1 is 1.25 bits per heavy atom. The van der Waals surface area contributed by atoms with Gasteiger partial charge in [-0.2, -0.15) is 5.10 Å². The van der Waals surface area contributed by atoms with Crippen molar-refractivity contribution < 1.29 is 19.1 Å². The molecule has 0 saturated heterocycles. The number of terminal acetylenes is 1. The standard InChI is InChI=1S/C23H23Cl2N3O4/c1-5-11-32-21-15(7-6-8-19(21)31-4)13-26-28-23(30)20(14(2)3)27-22(29)17-10-9-16(24)12-18(17)25/h1,6-10,12-14,20H,11H2,2-4H3,(H,27,29)(H,28,30). The number of benzene rings is 2. The lowest BCUT2D eigenvalue weighted by atomic mass is 10.0. The molecule has 0 saturated carbocycles. The summed E-state index contributed by atoms with van der Waals surface area (Å²) in [6.07, 6.45) is 6.67. The molecule has 9 heteroatoms. The zero-order valence-corrected chi connectivity index (χ0v) is 19.3. The van der Waals surface area contributed by atoms with Crippen LogP contribution < -0.4 is 20.2 Å². The molecular formula is C23H23Cl2N3O4. The molecule has 0 heterocycles. The molecule has 0 spiro atoms. The topological polar surface area (TPSA) is 89.0 Å². The van der Waals surface area contributed by atoms with Crippen molar-refractivity contribution in [2.75, 3.05) is 13.7 Å². The first kappa shape index (κ1) is 25.1. The average molecular weight is 476 g/mol. The number of rotatable bonds is 9. The molecule has 1 unspecified atom stereocenters. The zero-order valence-electron chi connectivity index (χ0n) is 17.8. The second-order valence-corrected chi connectivity index (χ2v) is 7.77. The summed E-state index contributed by atoms with van der Waals surface area (Å²) in [5.41, 5.74) is 3.21. The molecule has 2 amide bonds. The van der Waals surface area contributed by atoms with Gasteiger partial charge in [-0.1, -0.05) is 49.0 Å². The van der Waals surface area contributed by atoms with E-state index in [4.69, 9.17) is 39.1 Å². The number of hydrogen-bond donors (Lipinski definition) is 2. The number of nitrogens with one attached hydrogen (secondary N) is 2. The summed E-state index contributed by atoms with van der Waals surface area (Å²) in [5, 5.41) is 7.26. The van der Waals surface area contributed by atoms with Crippen LogP contribution in [-0.2, 0) is 4.79 Å². The summed E-state index contributed by atoms with van der Waals surface area (Å²) in [6.45, 7) is 3.64. The predicted octanol–water partition coefficient (Wildman–Crippen LogP) is 3.92. The van der Waals surface area contributed by atoms with Crippen LogP contribution in [0.25, 0.3) is 0 Å². The quantitative estimate of drug-likeness (QED) is 0.326. The van der Waals surface area contributed by atoms with Crippen molar-refractivity contribution in [3.8, 4) is 23.8 Å². The van der Waals surface area contributed by atoms with Crippen LogP contribution in [0.2, 0.25) is 10.0 Å². The van der Waals surface area contributed by atoms with Gasteiger partial charge in [-0.3, -0.25) is 9.59 Å². The number of nitrogens with zero attached hydrogens (tertiary/aromatic N) is 1. The second kappa shape index (κ2) is 12.0. The smallest absolute Gasteiger partial charge is 0.262 e. The summed E-state index contributed by atoms with van der Waals surface area (Å²) in [7, 11) is 1.50. The molecule has 2 N–H and O–H groups in total. The third kappa shape index (κ3) is 6.64. The van der Waals surface area contributed by atoms with E-state index in [0.29, 0.717) is 22.1 Å². The van der Waals surface area contributed by atoms with Gasteiger partial charge in [0.05, 0.1) is 23.9 Å². The van der Waals surface area contributed by atoms with Gasteiger partial charge < -0.3 is 14.8 Å². The minimum absolute atomic E-state index is 0.0439. The maximum Gasteiger partial charge on any atom is 0.262 e. The molecule has 2 aromatic carbocycles. The second-order valence-electron chi connectivity index (χ2n) is 6.92. The van der Waals surface area contributed by atoms with E-state index in [-0.39, 0.29) is 23.1 Å². The van der Waals surface area contributed by atoms with Crippen molar-refractivity contribution in [1.29, 1.82) is 0 Å². The normalized spacial score (nSPS) is 11.7. The van der Waals surface area contributed by atoms with E-state index in [1.54, 1.807) is 38.1 Å². The number of ether oxygens (including phenoxy) is 2. The van der Waals surface area contributed by atoms with Gasteiger partial charge in [0, 0.05) is 10.6 Å². The Morgan fingerprint density at radius 3 is 2.62 bits per heavy atom. The number of amides is 2. The third-order valence-electron chi connectivity index (χ3n) is 4.32. The van der Waals surface area contributed by atoms with Crippen LogP contribution in [0.5, 0.6) is 11.5 Å². The lowest BCUT2D eigenvalue weighted by molar-refractivity contribution is -0.123. The van der Waals surface area contributed by atoms with Crippen molar-refractivity contribution >= 4 is 41.2 Å².